The molecule has 0 bridgehead atoms. The molecule has 0 aromatic heterocycles. The molecule has 2 amide bonds. The highest BCUT2D eigenvalue weighted by Gasteiger charge is 2.42. The minimum Gasteiger partial charge on any atom is -0.482 e. The number of hydrogen-bond donors (Lipinski definition) is 2. The van der Waals surface area contributed by atoms with Crippen LogP contribution in [0, 0.1) is 5.41 Å². The summed E-state index contributed by atoms with van der Waals surface area (Å²) in [5.41, 5.74) is -0.350. The first kappa shape index (κ1) is 17.6. The molecule has 8 nitrogen and oxygen atoms in total. The molecule has 1 unspecified atom stereocenters. The lowest BCUT2D eigenvalue weighted by Gasteiger charge is -2.20. The Morgan fingerprint density at radius 1 is 1.29 bits per heavy atom. The number of ether oxygens (including phenoxy) is 2. The molecule has 24 heavy (non-hydrogen) atoms. The highest BCUT2D eigenvalue weighted by Crippen LogP contribution is 2.30. The lowest BCUT2D eigenvalue weighted by Crippen LogP contribution is -2.37. The Labute approximate surface area is 139 Å². The highest BCUT2D eigenvalue weighted by molar-refractivity contribution is 5.90. The third-order valence-corrected chi connectivity index (χ3v) is 3.97. The van der Waals surface area contributed by atoms with Gasteiger partial charge in [0.25, 0.3) is 0 Å². The number of methoxy groups -OCH3 is 1. The number of benzene rings is 1. The average Bonchev–Trinajstić information content (AvgIpc) is 2.98. The molecule has 8 heteroatoms. The van der Waals surface area contributed by atoms with Crippen molar-refractivity contribution in [3.63, 3.8) is 0 Å². The number of hydrogen-bond acceptors (Lipinski definition) is 5. The summed E-state index contributed by atoms with van der Waals surface area (Å²) in [5.74, 6) is -0.911. The van der Waals surface area contributed by atoms with E-state index < -0.39 is 17.4 Å². The van der Waals surface area contributed by atoms with Crippen LogP contribution in [0.2, 0.25) is 0 Å². The Balaban J connectivity index is 1.88. The predicted molar refractivity (Wildman–Crippen MR) is 84.9 cm³/mol. The van der Waals surface area contributed by atoms with Crippen molar-refractivity contribution in [2.45, 2.75) is 13.3 Å². The van der Waals surface area contributed by atoms with Crippen LogP contribution in [0.1, 0.15) is 13.3 Å². The number of nitrogens with zero attached hydrogens (tertiary/aromatic N) is 1. The third-order valence-electron chi connectivity index (χ3n) is 3.97. The van der Waals surface area contributed by atoms with Crippen molar-refractivity contribution in [1.29, 1.82) is 0 Å². The van der Waals surface area contributed by atoms with Gasteiger partial charge in [0.2, 0.25) is 0 Å². The van der Waals surface area contributed by atoms with Gasteiger partial charge in [-0.2, -0.15) is 0 Å². The van der Waals surface area contributed by atoms with Crippen LogP contribution in [0.5, 0.6) is 5.75 Å². The molecular weight excluding hydrogens is 316 g/mol. The number of rotatable bonds is 5. The van der Waals surface area contributed by atoms with Gasteiger partial charge >= 0.3 is 18.0 Å². The summed E-state index contributed by atoms with van der Waals surface area (Å²) in [7, 11) is 1.28. The van der Waals surface area contributed by atoms with Crippen molar-refractivity contribution < 1.29 is 29.0 Å². The molecule has 0 aliphatic carbocycles. The van der Waals surface area contributed by atoms with E-state index in [-0.39, 0.29) is 19.2 Å². The van der Waals surface area contributed by atoms with Crippen molar-refractivity contribution in [3.05, 3.63) is 24.3 Å². The van der Waals surface area contributed by atoms with E-state index in [2.05, 4.69) is 10.1 Å². The van der Waals surface area contributed by atoms with Crippen LogP contribution >= 0.6 is 0 Å². The Bertz CT molecular complexity index is 630. The van der Waals surface area contributed by atoms with E-state index in [1.165, 1.54) is 12.0 Å². The fourth-order valence-corrected chi connectivity index (χ4v) is 2.35. The molecule has 130 valence electrons. The minimum absolute atomic E-state index is 0.175. The van der Waals surface area contributed by atoms with Gasteiger partial charge in [-0.05, 0) is 37.6 Å². The Kier molecular flexibility index (Phi) is 5.28. The number of anilines is 1. The van der Waals surface area contributed by atoms with E-state index in [9.17, 15) is 19.5 Å². The third kappa shape index (κ3) is 4.15. The van der Waals surface area contributed by atoms with E-state index >= 15 is 0 Å². The van der Waals surface area contributed by atoms with Crippen molar-refractivity contribution in [1.82, 2.24) is 4.90 Å². The molecule has 0 saturated carbocycles. The molecule has 1 aromatic carbocycles. The van der Waals surface area contributed by atoms with Crippen LogP contribution in [0.3, 0.4) is 0 Å². The number of amides is 2. The first-order chi connectivity index (χ1) is 11.3. The summed E-state index contributed by atoms with van der Waals surface area (Å²) >= 11 is 0. The largest absolute Gasteiger partial charge is 0.482 e. The predicted octanol–water partition coefficient (Wildman–Crippen LogP) is 1.57. The van der Waals surface area contributed by atoms with Gasteiger partial charge in [-0.15, -0.1) is 0 Å². The average molecular weight is 336 g/mol. The summed E-state index contributed by atoms with van der Waals surface area (Å²) in [5, 5.41) is 11.9. The number of esters is 1. The van der Waals surface area contributed by atoms with Crippen molar-refractivity contribution in [2.75, 3.05) is 32.1 Å². The van der Waals surface area contributed by atoms with Crippen LogP contribution in [0.4, 0.5) is 10.5 Å². The van der Waals surface area contributed by atoms with Gasteiger partial charge in [0, 0.05) is 18.8 Å². The van der Waals surface area contributed by atoms with Crippen molar-refractivity contribution >= 4 is 23.7 Å². The number of carbonyl (C=O) groups is 3. The van der Waals surface area contributed by atoms with Gasteiger partial charge in [-0.25, -0.2) is 9.59 Å². The molecule has 0 spiro atoms. The molecule has 2 N–H and O–H groups in total. The monoisotopic (exact) mass is 336 g/mol. The zero-order chi connectivity index (χ0) is 17.7. The summed E-state index contributed by atoms with van der Waals surface area (Å²) in [6, 6.07) is 6.16. The maximum absolute atomic E-state index is 12.2. The van der Waals surface area contributed by atoms with Crippen LogP contribution in [-0.2, 0) is 14.3 Å². The summed E-state index contributed by atoms with van der Waals surface area (Å²) in [4.78, 5) is 35.9. The molecule has 1 fully saturated rings. The van der Waals surface area contributed by atoms with Crippen LogP contribution in [0.15, 0.2) is 24.3 Å². The fraction of sp³-hybridized carbons (Fsp3) is 0.438. The SMILES string of the molecule is COC(=O)COc1ccc(NC(=O)N2CCC(C)(C(=O)O)C2)cc1. The molecule has 1 aliphatic heterocycles. The van der Waals surface area contributed by atoms with Gasteiger partial charge in [-0.3, -0.25) is 4.79 Å². The maximum atomic E-state index is 12.2. The maximum Gasteiger partial charge on any atom is 0.343 e. The minimum atomic E-state index is -0.900. The number of aliphatic carboxylic acids is 1. The van der Waals surface area contributed by atoms with Crippen LogP contribution in [0.25, 0.3) is 0 Å². The van der Waals surface area contributed by atoms with Crippen molar-refractivity contribution in [2.24, 2.45) is 5.41 Å². The topological polar surface area (TPSA) is 105 Å². The molecule has 2 rings (SSSR count). The zero-order valence-electron chi connectivity index (χ0n) is 13.6. The first-order valence-corrected chi connectivity index (χ1v) is 7.43. The second-order valence-electron chi connectivity index (χ2n) is 5.86. The first-order valence-electron chi connectivity index (χ1n) is 7.43. The Hall–Kier alpha value is -2.77. The van der Waals surface area contributed by atoms with Crippen LogP contribution < -0.4 is 10.1 Å². The second kappa shape index (κ2) is 7.20. The molecule has 1 aliphatic rings. The second-order valence-corrected chi connectivity index (χ2v) is 5.86. The smallest absolute Gasteiger partial charge is 0.343 e. The van der Waals surface area contributed by atoms with E-state index in [1.807, 2.05) is 0 Å². The number of carboxylic acids is 1. The number of urea groups is 1. The number of nitrogens with one attached hydrogen (secondary N) is 1. The summed E-state index contributed by atoms with van der Waals surface area (Å²) < 4.78 is 9.68. The summed E-state index contributed by atoms with van der Waals surface area (Å²) in [6.45, 7) is 2.02. The van der Waals surface area contributed by atoms with E-state index in [0.717, 1.165) is 0 Å². The molecule has 1 aromatic rings. The quantitative estimate of drug-likeness (QED) is 0.791. The molecule has 0 radical (unpaired) electrons. The van der Waals surface area contributed by atoms with E-state index in [4.69, 9.17) is 4.74 Å². The fourth-order valence-electron chi connectivity index (χ4n) is 2.35. The van der Waals surface area contributed by atoms with Gasteiger partial charge in [-0.1, -0.05) is 0 Å². The molecular formula is C16H20N2O6. The van der Waals surface area contributed by atoms with Gasteiger partial charge in [0.1, 0.15) is 5.75 Å². The Morgan fingerprint density at radius 3 is 2.50 bits per heavy atom. The van der Waals surface area contributed by atoms with Gasteiger partial charge in [0.15, 0.2) is 6.61 Å². The number of likely N-dealkylation sites (tertiary alicyclic amines) is 1. The lowest BCUT2D eigenvalue weighted by molar-refractivity contribution is -0.147. The van der Waals surface area contributed by atoms with E-state index in [1.54, 1.807) is 31.2 Å². The molecule has 1 saturated heterocycles. The standard InChI is InChI=1S/C16H20N2O6/c1-16(14(20)21)7-8-18(10-16)15(22)17-11-3-5-12(6-4-11)24-9-13(19)23-2/h3-6H,7-10H2,1-2H3,(H,17,22)(H,20,21). The summed E-state index contributed by atoms with van der Waals surface area (Å²) in [6.07, 6.45) is 0.427. The Morgan fingerprint density at radius 2 is 1.96 bits per heavy atom. The normalized spacial score (nSPS) is 19.7. The zero-order valence-corrected chi connectivity index (χ0v) is 13.6. The van der Waals surface area contributed by atoms with Gasteiger partial charge < -0.3 is 24.8 Å². The molecule has 1 atom stereocenters. The number of carboxylic acid groups (broad SMARTS) is 1. The lowest BCUT2D eigenvalue weighted by atomic mass is 9.90. The molecule has 1 heterocycles. The van der Waals surface area contributed by atoms with Crippen LogP contribution in [-0.4, -0.2) is 54.8 Å². The highest BCUT2D eigenvalue weighted by atomic mass is 16.6. The van der Waals surface area contributed by atoms with Gasteiger partial charge in [0.05, 0.1) is 12.5 Å². The van der Waals surface area contributed by atoms with E-state index in [0.29, 0.717) is 24.4 Å². The number of carbonyl (C=O) groups excluding carboxylic acids is 2. The van der Waals surface area contributed by atoms with Crippen molar-refractivity contribution in [3.8, 4) is 5.75 Å².